The average Bonchev–Trinajstić information content (AvgIpc) is 3.70. The number of carbonyl (C=O) groups is 2. The Kier molecular flexibility index (Phi) is 5.32. The number of rotatable bonds is 6. The van der Waals surface area contributed by atoms with E-state index >= 15 is 0 Å². The molecule has 3 saturated carbocycles. The third-order valence-electron chi connectivity index (χ3n) is 7.13. The summed E-state index contributed by atoms with van der Waals surface area (Å²) < 4.78 is 0. The highest BCUT2D eigenvalue weighted by Crippen LogP contribution is 2.48. The summed E-state index contributed by atoms with van der Waals surface area (Å²) in [5, 5.41) is 6.57. The highest BCUT2D eigenvalue weighted by Gasteiger charge is 2.46. The van der Waals surface area contributed by atoms with E-state index in [1.54, 1.807) is 0 Å². The van der Waals surface area contributed by atoms with Crippen LogP contribution in [-0.2, 0) is 9.59 Å². The summed E-state index contributed by atoms with van der Waals surface area (Å²) in [5.41, 5.74) is 2.51. The monoisotopic (exact) mass is 402 g/mol. The zero-order valence-corrected chi connectivity index (χ0v) is 17.3. The van der Waals surface area contributed by atoms with Crippen LogP contribution in [0.1, 0.15) is 61.5 Å². The summed E-state index contributed by atoms with van der Waals surface area (Å²) in [7, 11) is 0. The highest BCUT2D eigenvalue weighted by molar-refractivity contribution is 5.84. The lowest BCUT2D eigenvalue weighted by molar-refractivity contribution is -0.126. The molecule has 4 nitrogen and oxygen atoms in total. The summed E-state index contributed by atoms with van der Waals surface area (Å²) in [6.45, 7) is 0. The number of benzene rings is 2. The first-order chi connectivity index (χ1) is 14.7. The molecular formula is C26H30N2O2. The second kappa shape index (κ2) is 8.25. The molecule has 3 aliphatic carbocycles. The van der Waals surface area contributed by atoms with E-state index in [2.05, 4.69) is 34.9 Å². The topological polar surface area (TPSA) is 58.2 Å². The zero-order chi connectivity index (χ0) is 20.5. The molecule has 2 N–H and O–H groups in total. The van der Waals surface area contributed by atoms with E-state index in [1.165, 1.54) is 11.1 Å². The minimum absolute atomic E-state index is 0.0566. The Morgan fingerprint density at radius 3 is 1.43 bits per heavy atom. The predicted octanol–water partition coefficient (Wildman–Crippen LogP) is 4.14. The van der Waals surface area contributed by atoms with Crippen molar-refractivity contribution in [3.05, 3.63) is 71.8 Å². The molecule has 0 aliphatic heterocycles. The van der Waals surface area contributed by atoms with E-state index in [1.807, 2.05) is 36.4 Å². The van der Waals surface area contributed by atoms with Crippen molar-refractivity contribution in [1.82, 2.24) is 10.6 Å². The third kappa shape index (κ3) is 4.14. The first-order valence-corrected chi connectivity index (χ1v) is 11.4. The Bertz CT molecular complexity index is 822. The van der Waals surface area contributed by atoms with Gasteiger partial charge in [-0.2, -0.15) is 0 Å². The molecule has 2 aromatic carbocycles. The lowest BCUT2D eigenvalue weighted by atomic mass is 9.89. The second-order valence-electron chi connectivity index (χ2n) is 9.23. The molecule has 0 spiro atoms. The standard InChI is InChI=1S/C26H30N2O2/c29-25(21-15-19(21)17-9-3-1-4-10-17)27-23-13-7-8-14-24(23)28-26(30)22-16-20(22)18-11-5-2-6-12-18/h1-6,9-12,19-24H,7-8,13-16H2,(H,27,29)(H,28,30)/t19-,20+,21-,22+,23+,24-. The van der Waals surface area contributed by atoms with Crippen LogP contribution in [0.4, 0.5) is 0 Å². The van der Waals surface area contributed by atoms with Crippen molar-refractivity contribution >= 4 is 11.8 Å². The van der Waals surface area contributed by atoms with Gasteiger partial charge in [0, 0.05) is 23.9 Å². The van der Waals surface area contributed by atoms with Gasteiger partial charge in [0.1, 0.15) is 0 Å². The molecule has 0 bridgehead atoms. The van der Waals surface area contributed by atoms with Crippen LogP contribution in [-0.4, -0.2) is 23.9 Å². The highest BCUT2D eigenvalue weighted by atomic mass is 16.2. The van der Waals surface area contributed by atoms with Gasteiger partial charge in [-0.25, -0.2) is 0 Å². The molecular weight excluding hydrogens is 372 g/mol. The Morgan fingerprint density at radius 1 is 0.633 bits per heavy atom. The molecule has 2 amide bonds. The molecule has 3 aliphatic rings. The van der Waals surface area contributed by atoms with Crippen molar-refractivity contribution in [1.29, 1.82) is 0 Å². The maximum atomic E-state index is 12.8. The third-order valence-corrected chi connectivity index (χ3v) is 7.13. The average molecular weight is 403 g/mol. The van der Waals surface area contributed by atoms with Gasteiger partial charge < -0.3 is 10.6 Å². The molecule has 2 aromatic rings. The lowest BCUT2D eigenvalue weighted by Gasteiger charge is -2.33. The van der Waals surface area contributed by atoms with Crippen LogP contribution < -0.4 is 10.6 Å². The van der Waals surface area contributed by atoms with E-state index in [9.17, 15) is 9.59 Å². The normalized spacial score (nSPS) is 32.1. The molecule has 156 valence electrons. The fourth-order valence-corrected chi connectivity index (χ4v) is 5.16. The first kappa shape index (κ1) is 19.3. The zero-order valence-electron chi connectivity index (χ0n) is 17.3. The summed E-state index contributed by atoms with van der Waals surface area (Å²) >= 11 is 0. The van der Waals surface area contributed by atoms with Crippen molar-refractivity contribution < 1.29 is 9.59 Å². The first-order valence-electron chi connectivity index (χ1n) is 11.4. The Balaban J connectivity index is 1.16. The number of hydrogen-bond acceptors (Lipinski definition) is 2. The summed E-state index contributed by atoms with van der Waals surface area (Å²) in [4.78, 5) is 25.7. The van der Waals surface area contributed by atoms with Gasteiger partial charge in [0.2, 0.25) is 11.8 Å². The maximum Gasteiger partial charge on any atom is 0.224 e. The molecule has 0 aromatic heterocycles. The number of amides is 2. The van der Waals surface area contributed by atoms with Gasteiger partial charge in [0.25, 0.3) is 0 Å². The minimum atomic E-state index is 0.0566. The molecule has 30 heavy (non-hydrogen) atoms. The minimum Gasteiger partial charge on any atom is -0.351 e. The summed E-state index contributed by atoms with van der Waals surface area (Å²) in [6.07, 6.45) is 5.99. The van der Waals surface area contributed by atoms with Gasteiger partial charge in [-0.1, -0.05) is 73.5 Å². The quantitative estimate of drug-likeness (QED) is 0.763. The van der Waals surface area contributed by atoms with E-state index in [-0.39, 0.29) is 35.7 Å². The summed E-state index contributed by atoms with van der Waals surface area (Å²) in [5.74, 6) is 1.17. The lowest BCUT2D eigenvalue weighted by Crippen LogP contribution is -2.53. The molecule has 0 unspecified atom stereocenters. The van der Waals surface area contributed by atoms with Crippen LogP contribution >= 0.6 is 0 Å². The predicted molar refractivity (Wildman–Crippen MR) is 117 cm³/mol. The van der Waals surface area contributed by atoms with Gasteiger partial charge in [-0.15, -0.1) is 0 Å². The van der Waals surface area contributed by atoms with Crippen LogP contribution in [0.15, 0.2) is 60.7 Å². The van der Waals surface area contributed by atoms with E-state index in [0.717, 1.165) is 38.5 Å². The van der Waals surface area contributed by atoms with Gasteiger partial charge in [-0.05, 0) is 48.6 Å². The van der Waals surface area contributed by atoms with Crippen molar-refractivity contribution in [2.24, 2.45) is 11.8 Å². The largest absolute Gasteiger partial charge is 0.351 e. The molecule has 0 saturated heterocycles. The fourth-order valence-electron chi connectivity index (χ4n) is 5.16. The van der Waals surface area contributed by atoms with Gasteiger partial charge in [0.15, 0.2) is 0 Å². The molecule has 3 fully saturated rings. The van der Waals surface area contributed by atoms with Crippen molar-refractivity contribution in [2.75, 3.05) is 0 Å². The summed E-state index contributed by atoms with van der Waals surface area (Å²) in [6, 6.07) is 20.7. The van der Waals surface area contributed by atoms with E-state index in [0.29, 0.717) is 11.8 Å². The number of carbonyl (C=O) groups excluding carboxylic acids is 2. The molecule has 0 radical (unpaired) electrons. The maximum absolute atomic E-state index is 12.8. The van der Waals surface area contributed by atoms with Crippen molar-refractivity contribution in [2.45, 2.75) is 62.4 Å². The second-order valence-corrected chi connectivity index (χ2v) is 9.23. The smallest absolute Gasteiger partial charge is 0.224 e. The van der Waals surface area contributed by atoms with Crippen LogP contribution in [0, 0.1) is 11.8 Å². The van der Waals surface area contributed by atoms with Crippen molar-refractivity contribution in [3.8, 4) is 0 Å². The Labute approximate surface area is 178 Å². The van der Waals surface area contributed by atoms with Crippen molar-refractivity contribution in [3.63, 3.8) is 0 Å². The van der Waals surface area contributed by atoms with E-state index < -0.39 is 0 Å². The number of nitrogens with one attached hydrogen (secondary N) is 2. The van der Waals surface area contributed by atoms with Crippen LogP contribution in [0.25, 0.3) is 0 Å². The SMILES string of the molecule is O=C(N[C@@H]1CCCC[C@@H]1NC(=O)[C@@H]1C[C@@H]1c1ccccc1)[C@H]1C[C@H]1c1ccccc1. The Morgan fingerprint density at radius 2 is 1.03 bits per heavy atom. The van der Waals surface area contributed by atoms with Gasteiger partial charge in [-0.3, -0.25) is 9.59 Å². The van der Waals surface area contributed by atoms with Gasteiger partial charge >= 0.3 is 0 Å². The van der Waals surface area contributed by atoms with E-state index in [4.69, 9.17) is 0 Å². The number of hydrogen-bond donors (Lipinski definition) is 2. The Hall–Kier alpha value is -2.62. The molecule has 6 atom stereocenters. The molecule has 5 rings (SSSR count). The van der Waals surface area contributed by atoms with Crippen LogP contribution in [0.5, 0.6) is 0 Å². The fraction of sp³-hybridized carbons (Fsp3) is 0.462. The van der Waals surface area contributed by atoms with Gasteiger partial charge in [0.05, 0.1) is 0 Å². The van der Waals surface area contributed by atoms with Crippen LogP contribution in [0.3, 0.4) is 0 Å². The molecule has 0 heterocycles. The molecule has 4 heteroatoms. The van der Waals surface area contributed by atoms with Crippen LogP contribution in [0.2, 0.25) is 0 Å².